The van der Waals surface area contributed by atoms with E-state index in [-0.39, 0.29) is 5.75 Å². The number of hydrogen-bond donors (Lipinski definition) is 1. The Hall–Kier alpha value is -0.600. The highest BCUT2D eigenvalue weighted by atomic mass is 35.5. The summed E-state index contributed by atoms with van der Waals surface area (Å²) in [5, 5.41) is 9.07. The van der Waals surface area contributed by atoms with E-state index in [1.807, 2.05) is 0 Å². The van der Waals surface area contributed by atoms with Crippen LogP contribution in [0.3, 0.4) is 0 Å². The smallest absolute Gasteiger partial charge is 0.141 e. The van der Waals surface area contributed by atoms with Gasteiger partial charge in [-0.05, 0) is 12.1 Å². The maximum Gasteiger partial charge on any atom is 0.141 e. The van der Waals surface area contributed by atoms with Crippen molar-refractivity contribution in [3.8, 4) is 5.75 Å². The van der Waals surface area contributed by atoms with Gasteiger partial charge in [0.2, 0.25) is 0 Å². The van der Waals surface area contributed by atoms with E-state index in [9.17, 15) is 0 Å². The van der Waals surface area contributed by atoms with E-state index < -0.39 is 0 Å². The second-order valence-corrected chi connectivity index (χ2v) is 2.57. The second-order valence-electron chi connectivity index (χ2n) is 1.72. The van der Waals surface area contributed by atoms with Crippen molar-refractivity contribution in [1.82, 2.24) is 0 Å². The van der Waals surface area contributed by atoms with Gasteiger partial charge < -0.3 is 5.11 Å². The molecular weight excluding hydrogens is 173 g/mol. The van der Waals surface area contributed by atoms with Crippen molar-refractivity contribution in [2.45, 2.75) is 0 Å². The molecule has 0 aliphatic heterocycles. The van der Waals surface area contributed by atoms with Crippen molar-refractivity contribution in [2.24, 2.45) is 0 Å². The summed E-state index contributed by atoms with van der Waals surface area (Å²) in [6.07, 6.45) is 0. The highest BCUT2D eigenvalue weighted by molar-refractivity contribution is 6.49. The summed E-state index contributed by atoms with van der Waals surface area (Å²) in [6, 6.07) is 6.53. The Morgan fingerprint density at radius 2 is 1.80 bits per heavy atom. The van der Waals surface area contributed by atoms with Gasteiger partial charge in [-0.2, -0.15) is 3.94 Å². The third-order valence-corrected chi connectivity index (χ3v) is 1.43. The van der Waals surface area contributed by atoms with E-state index in [2.05, 4.69) is 0 Å². The molecule has 0 saturated heterocycles. The number of aromatic hydroxyl groups is 1. The lowest BCUT2D eigenvalue weighted by molar-refractivity contribution is 0.477. The SMILES string of the molecule is Oc1ccccc1N(Cl)Cl. The first-order valence-electron chi connectivity index (χ1n) is 2.61. The van der Waals surface area contributed by atoms with Crippen LogP contribution in [0.15, 0.2) is 24.3 Å². The molecular formula is C6H5Cl2NO. The molecule has 0 heterocycles. The Balaban J connectivity index is 3.03. The first kappa shape index (κ1) is 7.51. The first-order valence-corrected chi connectivity index (χ1v) is 3.29. The number of para-hydroxylation sites is 2. The fourth-order valence-electron chi connectivity index (χ4n) is 0.607. The van der Waals surface area contributed by atoms with Gasteiger partial charge in [-0.15, -0.1) is 0 Å². The number of phenols is 1. The molecule has 2 nitrogen and oxygen atoms in total. The van der Waals surface area contributed by atoms with E-state index in [1.165, 1.54) is 6.07 Å². The zero-order valence-corrected chi connectivity index (χ0v) is 6.47. The van der Waals surface area contributed by atoms with E-state index in [0.29, 0.717) is 5.69 Å². The van der Waals surface area contributed by atoms with E-state index in [0.717, 1.165) is 3.94 Å². The van der Waals surface area contributed by atoms with Gasteiger partial charge >= 0.3 is 0 Å². The Morgan fingerprint density at radius 1 is 1.20 bits per heavy atom. The van der Waals surface area contributed by atoms with Crippen molar-refractivity contribution >= 4 is 29.2 Å². The maximum absolute atomic E-state index is 9.07. The van der Waals surface area contributed by atoms with Gasteiger partial charge in [0.1, 0.15) is 11.4 Å². The van der Waals surface area contributed by atoms with Crippen LogP contribution in [0, 0.1) is 0 Å². The summed E-state index contributed by atoms with van der Waals surface area (Å²) >= 11 is 10.7. The molecule has 0 radical (unpaired) electrons. The lowest BCUT2D eigenvalue weighted by atomic mass is 10.3. The number of hydrogen-bond acceptors (Lipinski definition) is 2. The van der Waals surface area contributed by atoms with Gasteiger partial charge in [0.05, 0.1) is 0 Å². The predicted octanol–water partition coefficient (Wildman–Crippen LogP) is 2.51. The van der Waals surface area contributed by atoms with E-state index >= 15 is 0 Å². The molecule has 0 aromatic heterocycles. The molecule has 0 unspecified atom stereocenters. The Kier molecular flexibility index (Phi) is 2.25. The van der Waals surface area contributed by atoms with Crippen LogP contribution in [-0.2, 0) is 0 Å². The van der Waals surface area contributed by atoms with Gasteiger partial charge in [0.15, 0.2) is 0 Å². The van der Waals surface area contributed by atoms with E-state index in [4.69, 9.17) is 28.7 Å². The van der Waals surface area contributed by atoms with Crippen LogP contribution < -0.4 is 3.94 Å². The molecule has 1 N–H and O–H groups in total. The van der Waals surface area contributed by atoms with Crippen molar-refractivity contribution < 1.29 is 5.11 Å². The highest BCUT2D eigenvalue weighted by Crippen LogP contribution is 2.28. The number of benzene rings is 1. The summed E-state index contributed by atoms with van der Waals surface area (Å²) < 4.78 is 0.815. The monoisotopic (exact) mass is 177 g/mol. The number of phenolic OH excluding ortho intramolecular Hbond substituents is 1. The molecule has 0 bridgehead atoms. The molecule has 1 aromatic carbocycles. The number of nitrogens with zero attached hydrogens (tertiary/aromatic N) is 1. The summed E-state index contributed by atoms with van der Waals surface area (Å²) in [4.78, 5) is 0. The zero-order chi connectivity index (χ0) is 7.56. The third-order valence-electron chi connectivity index (χ3n) is 1.06. The molecule has 0 amide bonds. The third kappa shape index (κ3) is 1.46. The lowest BCUT2D eigenvalue weighted by Gasteiger charge is -2.05. The average Bonchev–Trinajstić information content (AvgIpc) is 1.88. The summed E-state index contributed by atoms with van der Waals surface area (Å²) in [5.41, 5.74) is 0.380. The van der Waals surface area contributed by atoms with Crippen LogP contribution in [0.4, 0.5) is 5.69 Å². The maximum atomic E-state index is 9.07. The lowest BCUT2D eigenvalue weighted by Crippen LogP contribution is -1.90. The molecule has 0 spiro atoms. The van der Waals surface area contributed by atoms with Crippen molar-refractivity contribution in [1.29, 1.82) is 0 Å². The quantitative estimate of drug-likeness (QED) is 0.667. The normalized spacial score (nSPS) is 9.40. The molecule has 10 heavy (non-hydrogen) atoms. The topological polar surface area (TPSA) is 23.5 Å². The van der Waals surface area contributed by atoms with E-state index in [1.54, 1.807) is 18.2 Å². The Morgan fingerprint density at radius 3 is 2.20 bits per heavy atom. The largest absolute Gasteiger partial charge is 0.506 e. The van der Waals surface area contributed by atoms with Gasteiger partial charge in [0, 0.05) is 23.6 Å². The van der Waals surface area contributed by atoms with Crippen LogP contribution in [0.2, 0.25) is 0 Å². The number of rotatable bonds is 1. The highest BCUT2D eigenvalue weighted by Gasteiger charge is 2.02. The van der Waals surface area contributed by atoms with Crippen molar-refractivity contribution in [3.05, 3.63) is 24.3 Å². The summed E-state index contributed by atoms with van der Waals surface area (Å²) in [5.74, 6) is 0.0625. The predicted molar refractivity (Wildman–Crippen MR) is 42.3 cm³/mol. The minimum Gasteiger partial charge on any atom is -0.506 e. The number of anilines is 1. The Labute approximate surface area is 68.8 Å². The molecule has 4 heteroatoms. The van der Waals surface area contributed by atoms with Crippen LogP contribution in [0.1, 0.15) is 0 Å². The molecule has 1 rings (SSSR count). The van der Waals surface area contributed by atoms with Crippen LogP contribution >= 0.6 is 23.6 Å². The summed E-state index contributed by atoms with van der Waals surface area (Å²) in [6.45, 7) is 0. The minimum atomic E-state index is 0.0625. The molecule has 0 saturated carbocycles. The molecule has 0 aliphatic rings. The van der Waals surface area contributed by atoms with Crippen LogP contribution in [-0.4, -0.2) is 5.11 Å². The molecule has 1 aromatic rings. The molecule has 0 aliphatic carbocycles. The fourth-order valence-corrected chi connectivity index (χ4v) is 0.893. The number of halogens is 2. The second kappa shape index (κ2) is 2.99. The molecule has 54 valence electrons. The fraction of sp³-hybridized carbons (Fsp3) is 0. The minimum absolute atomic E-state index is 0.0625. The zero-order valence-electron chi connectivity index (χ0n) is 4.96. The first-order chi connectivity index (χ1) is 4.72. The average molecular weight is 178 g/mol. The van der Waals surface area contributed by atoms with Gasteiger partial charge in [-0.1, -0.05) is 12.1 Å². The molecule has 0 atom stereocenters. The van der Waals surface area contributed by atoms with Gasteiger partial charge in [-0.3, -0.25) is 0 Å². The van der Waals surface area contributed by atoms with Crippen molar-refractivity contribution in [2.75, 3.05) is 3.94 Å². The van der Waals surface area contributed by atoms with Crippen LogP contribution in [0.25, 0.3) is 0 Å². The van der Waals surface area contributed by atoms with Crippen LogP contribution in [0.5, 0.6) is 5.75 Å². The van der Waals surface area contributed by atoms with Crippen molar-refractivity contribution in [3.63, 3.8) is 0 Å². The van der Waals surface area contributed by atoms with Gasteiger partial charge in [-0.25, -0.2) is 0 Å². The summed E-state index contributed by atoms with van der Waals surface area (Å²) in [7, 11) is 0. The standard InChI is InChI=1S/C6H5Cl2NO/c7-9(8)5-3-1-2-4-6(5)10/h1-4,10H. The van der Waals surface area contributed by atoms with Gasteiger partial charge in [0.25, 0.3) is 0 Å². The Bertz CT molecular complexity index is 227. The molecule has 0 fully saturated rings.